The molecule has 1 N–H and O–H groups in total. The Morgan fingerprint density at radius 1 is 1.37 bits per heavy atom. The highest BCUT2D eigenvalue weighted by Gasteiger charge is 2.20. The van der Waals surface area contributed by atoms with Crippen LogP contribution >= 0.6 is 11.6 Å². The van der Waals surface area contributed by atoms with Crippen LogP contribution in [0.3, 0.4) is 0 Å². The minimum atomic E-state index is -0.923. The Labute approximate surface area is 119 Å². The molecule has 1 fully saturated rings. The van der Waals surface area contributed by atoms with Crippen LogP contribution < -0.4 is 4.90 Å². The lowest BCUT2D eigenvalue weighted by Crippen LogP contribution is -2.28. The molecule has 0 atom stereocenters. The summed E-state index contributed by atoms with van der Waals surface area (Å²) < 4.78 is 0. The first kappa shape index (κ1) is 14.2. The number of carboxylic acid groups (broad SMARTS) is 1. The van der Waals surface area contributed by atoms with E-state index in [-0.39, 0.29) is 5.56 Å². The summed E-state index contributed by atoms with van der Waals surface area (Å²) in [6.07, 6.45) is 6.36. The highest BCUT2D eigenvalue weighted by atomic mass is 35.5. The van der Waals surface area contributed by atoms with E-state index in [1.165, 1.54) is 32.1 Å². The average Bonchev–Trinajstić information content (AvgIpc) is 2.39. The fourth-order valence-corrected chi connectivity index (χ4v) is 3.24. The van der Waals surface area contributed by atoms with Crippen LogP contribution in [0.25, 0.3) is 0 Å². The molecule has 1 aliphatic carbocycles. The van der Waals surface area contributed by atoms with E-state index < -0.39 is 5.97 Å². The summed E-state index contributed by atoms with van der Waals surface area (Å²) in [4.78, 5) is 13.3. The Hall–Kier alpha value is -1.22. The summed E-state index contributed by atoms with van der Waals surface area (Å²) >= 11 is 6.18. The van der Waals surface area contributed by atoms with Gasteiger partial charge in [-0.1, -0.05) is 36.9 Å². The number of hydrogen-bond acceptors (Lipinski definition) is 2. The number of hydrogen-bond donors (Lipinski definition) is 1. The average molecular weight is 282 g/mol. The van der Waals surface area contributed by atoms with E-state index in [0.717, 1.165) is 6.54 Å². The fraction of sp³-hybridized carbons (Fsp3) is 0.533. The molecule has 0 unspecified atom stereocenters. The molecule has 1 aromatic rings. The molecule has 2 rings (SSSR count). The van der Waals surface area contributed by atoms with Gasteiger partial charge in [-0.25, -0.2) is 4.79 Å². The van der Waals surface area contributed by atoms with Crippen molar-refractivity contribution in [2.45, 2.75) is 32.1 Å². The fourth-order valence-electron chi connectivity index (χ4n) is 2.92. The maximum absolute atomic E-state index is 11.3. The molecule has 0 spiro atoms. The second kappa shape index (κ2) is 6.29. The molecule has 0 heterocycles. The molecule has 19 heavy (non-hydrogen) atoms. The topological polar surface area (TPSA) is 40.5 Å². The van der Waals surface area contributed by atoms with E-state index >= 15 is 0 Å². The Morgan fingerprint density at radius 2 is 2.05 bits per heavy atom. The van der Waals surface area contributed by atoms with Crippen LogP contribution in [0.2, 0.25) is 5.02 Å². The van der Waals surface area contributed by atoms with Crippen molar-refractivity contribution in [1.29, 1.82) is 0 Å². The summed E-state index contributed by atoms with van der Waals surface area (Å²) in [6.45, 7) is 0.879. The molecule has 0 aromatic heterocycles. The zero-order valence-corrected chi connectivity index (χ0v) is 12.0. The van der Waals surface area contributed by atoms with Crippen LogP contribution in [0.15, 0.2) is 18.2 Å². The molecule has 0 amide bonds. The Morgan fingerprint density at radius 3 is 2.68 bits per heavy atom. The first-order valence-electron chi connectivity index (χ1n) is 6.82. The minimum absolute atomic E-state index is 0.283. The Balaban J connectivity index is 2.17. The van der Waals surface area contributed by atoms with Gasteiger partial charge in [-0.05, 0) is 30.9 Å². The number of aromatic carboxylic acids is 1. The number of rotatable bonds is 4. The summed E-state index contributed by atoms with van der Waals surface area (Å²) in [5, 5.41) is 9.77. The third kappa shape index (κ3) is 3.41. The summed E-state index contributed by atoms with van der Waals surface area (Å²) in [5.41, 5.74) is 0.924. The number of para-hydroxylation sites is 1. The van der Waals surface area contributed by atoms with Gasteiger partial charge < -0.3 is 10.0 Å². The van der Waals surface area contributed by atoms with Crippen molar-refractivity contribution >= 4 is 23.3 Å². The molecule has 4 heteroatoms. The van der Waals surface area contributed by atoms with Gasteiger partial charge in [0.2, 0.25) is 0 Å². The molecule has 0 aliphatic heterocycles. The first-order chi connectivity index (χ1) is 9.09. The van der Waals surface area contributed by atoms with Crippen molar-refractivity contribution in [3.05, 3.63) is 28.8 Å². The first-order valence-corrected chi connectivity index (χ1v) is 7.20. The van der Waals surface area contributed by atoms with Gasteiger partial charge in [0.1, 0.15) is 0 Å². The van der Waals surface area contributed by atoms with Gasteiger partial charge in [0.15, 0.2) is 0 Å². The normalized spacial score (nSPS) is 16.3. The van der Waals surface area contributed by atoms with E-state index in [0.29, 0.717) is 16.6 Å². The molecule has 1 saturated carbocycles. The summed E-state index contributed by atoms with van der Waals surface area (Å²) in [7, 11) is 1.93. The maximum atomic E-state index is 11.3. The van der Waals surface area contributed by atoms with Gasteiger partial charge >= 0.3 is 5.97 Å². The van der Waals surface area contributed by atoms with Crippen LogP contribution in [0.4, 0.5) is 5.69 Å². The monoisotopic (exact) mass is 281 g/mol. The Bertz CT molecular complexity index is 455. The number of carbonyl (C=O) groups is 1. The molecule has 0 bridgehead atoms. The van der Waals surface area contributed by atoms with E-state index in [1.54, 1.807) is 18.2 Å². The molecule has 1 aliphatic rings. The van der Waals surface area contributed by atoms with Gasteiger partial charge in [-0.3, -0.25) is 0 Å². The van der Waals surface area contributed by atoms with Crippen molar-refractivity contribution in [2.75, 3.05) is 18.5 Å². The van der Waals surface area contributed by atoms with Crippen molar-refractivity contribution in [3.8, 4) is 0 Å². The summed E-state index contributed by atoms with van der Waals surface area (Å²) in [5.74, 6) is -0.273. The Kier molecular flexibility index (Phi) is 4.70. The SMILES string of the molecule is CN(CC1CCCCC1)c1c(Cl)cccc1C(=O)O. The van der Waals surface area contributed by atoms with Crippen LogP contribution in [0.5, 0.6) is 0 Å². The number of carboxylic acids is 1. The lowest BCUT2D eigenvalue weighted by Gasteiger charge is -2.29. The van der Waals surface area contributed by atoms with E-state index in [9.17, 15) is 9.90 Å². The van der Waals surface area contributed by atoms with Crippen LogP contribution in [-0.4, -0.2) is 24.7 Å². The third-order valence-corrected chi connectivity index (χ3v) is 4.16. The van der Waals surface area contributed by atoms with Crippen molar-refractivity contribution < 1.29 is 9.90 Å². The third-order valence-electron chi connectivity index (χ3n) is 3.86. The van der Waals surface area contributed by atoms with Crippen LogP contribution in [-0.2, 0) is 0 Å². The quantitative estimate of drug-likeness (QED) is 0.905. The van der Waals surface area contributed by atoms with Gasteiger partial charge in [0.05, 0.1) is 16.3 Å². The molecule has 104 valence electrons. The van der Waals surface area contributed by atoms with E-state index in [2.05, 4.69) is 0 Å². The predicted molar refractivity (Wildman–Crippen MR) is 78.3 cm³/mol. The zero-order chi connectivity index (χ0) is 13.8. The van der Waals surface area contributed by atoms with Crippen molar-refractivity contribution in [2.24, 2.45) is 5.92 Å². The lowest BCUT2D eigenvalue weighted by molar-refractivity contribution is 0.0697. The van der Waals surface area contributed by atoms with Crippen molar-refractivity contribution in [3.63, 3.8) is 0 Å². The molecule has 0 saturated heterocycles. The molecule has 1 aromatic carbocycles. The molecular weight excluding hydrogens is 262 g/mol. The minimum Gasteiger partial charge on any atom is -0.478 e. The maximum Gasteiger partial charge on any atom is 0.337 e. The second-order valence-electron chi connectivity index (χ2n) is 5.33. The van der Waals surface area contributed by atoms with Crippen LogP contribution in [0.1, 0.15) is 42.5 Å². The largest absolute Gasteiger partial charge is 0.478 e. The highest BCUT2D eigenvalue weighted by molar-refractivity contribution is 6.34. The molecular formula is C15H20ClNO2. The second-order valence-corrected chi connectivity index (χ2v) is 5.73. The highest BCUT2D eigenvalue weighted by Crippen LogP contribution is 2.32. The number of anilines is 1. The van der Waals surface area contributed by atoms with Gasteiger partial charge in [0.25, 0.3) is 0 Å². The van der Waals surface area contributed by atoms with E-state index in [1.807, 2.05) is 11.9 Å². The molecule has 3 nitrogen and oxygen atoms in total. The number of benzene rings is 1. The summed E-state index contributed by atoms with van der Waals surface area (Å²) in [6, 6.07) is 5.05. The number of nitrogens with zero attached hydrogens (tertiary/aromatic N) is 1. The van der Waals surface area contributed by atoms with Gasteiger partial charge in [-0.2, -0.15) is 0 Å². The van der Waals surface area contributed by atoms with E-state index in [4.69, 9.17) is 11.6 Å². The lowest BCUT2D eigenvalue weighted by atomic mass is 9.89. The predicted octanol–water partition coefficient (Wildman–Crippen LogP) is 4.05. The smallest absolute Gasteiger partial charge is 0.337 e. The number of halogens is 1. The van der Waals surface area contributed by atoms with Crippen molar-refractivity contribution in [1.82, 2.24) is 0 Å². The van der Waals surface area contributed by atoms with Gasteiger partial charge in [-0.15, -0.1) is 0 Å². The van der Waals surface area contributed by atoms with Crippen LogP contribution in [0, 0.1) is 5.92 Å². The van der Waals surface area contributed by atoms with Gasteiger partial charge in [0, 0.05) is 13.6 Å². The zero-order valence-electron chi connectivity index (χ0n) is 11.2. The standard InChI is InChI=1S/C15H20ClNO2/c1-17(10-11-6-3-2-4-7-11)14-12(15(18)19)8-5-9-13(14)16/h5,8-9,11H,2-4,6-7,10H2,1H3,(H,18,19). The molecule has 0 radical (unpaired) electrons.